The van der Waals surface area contributed by atoms with Crippen LogP contribution in [0.1, 0.15) is 17.0 Å². The number of carbonyl (C=O) groups is 2. The van der Waals surface area contributed by atoms with Crippen molar-refractivity contribution in [1.29, 1.82) is 0 Å². The molecule has 26 heavy (non-hydrogen) atoms. The number of fused-ring (bicyclic) bond motifs is 2. The second kappa shape index (κ2) is 6.36. The lowest BCUT2D eigenvalue weighted by Gasteiger charge is -2.27. The van der Waals surface area contributed by atoms with E-state index in [-0.39, 0.29) is 12.5 Å². The molecule has 2 aromatic carbocycles. The third-order valence-electron chi connectivity index (χ3n) is 4.15. The van der Waals surface area contributed by atoms with E-state index in [2.05, 4.69) is 10.4 Å². The largest absolute Gasteiger partial charge is 0.457 e. The van der Waals surface area contributed by atoms with Gasteiger partial charge in [0, 0.05) is 23.4 Å². The van der Waals surface area contributed by atoms with E-state index in [0.717, 1.165) is 11.1 Å². The maximum atomic E-state index is 13.0. The molecule has 0 fully saturated rings. The number of aromatic nitrogens is 2. The van der Waals surface area contributed by atoms with Crippen LogP contribution in [0, 0.1) is 0 Å². The highest BCUT2D eigenvalue weighted by Gasteiger charge is 2.32. The Morgan fingerprint density at radius 1 is 1.04 bits per heavy atom. The molecule has 1 aliphatic heterocycles. The molecule has 0 saturated carbocycles. The molecule has 0 atom stereocenters. The number of nitrogens with two attached hydrogens (primary N) is 1. The number of hydrogen-bond acceptors (Lipinski definition) is 4. The zero-order valence-corrected chi connectivity index (χ0v) is 13.8. The van der Waals surface area contributed by atoms with Crippen molar-refractivity contribution < 1.29 is 14.3 Å². The van der Waals surface area contributed by atoms with E-state index in [1.165, 1.54) is 4.68 Å². The van der Waals surface area contributed by atoms with E-state index in [1.54, 1.807) is 12.3 Å². The summed E-state index contributed by atoms with van der Waals surface area (Å²) in [5.74, 6) is 0.433. The van der Waals surface area contributed by atoms with E-state index in [4.69, 9.17) is 10.5 Å². The van der Waals surface area contributed by atoms with Crippen LogP contribution in [-0.4, -0.2) is 21.6 Å². The van der Waals surface area contributed by atoms with Gasteiger partial charge in [-0.1, -0.05) is 36.4 Å². The Morgan fingerprint density at radius 3 is 2.27 bits per heavy atom. The lowest BCUT2D eigenvalue weighted by atomic mass is 9.87. The lowest BCUT2D eigenvalue weighted by Crippen LogP contribution is -2.25. The highest BCUT2D eigenvalue weighted by Crippen LogP contribution is 2.44. The summed E-state index contributed by atoms with van der Waals surface area (Å²) in [4.78, 5) is 24.0. The summed E-state index contributed by atoms with van der Waals surface area (Å²) in [5.41, 5.74) is 6.74. The van der Waals surface area contributed by atoms with Gasteiger partial charge in [0.25, 0.3) is 0 Å². The molecule has 0 radical (unpaired) electrons. The molecular formula is C19H16N4O3. The minimum atomic E-state index is -0.516. The van der Waals surface area contributed by atoms with Crippen molar-refractivity contribution in [3.63, 3.8) is 0 Å². The van der Waals surface area contributed by atoms with E-state index < -0.39 is 11.8 Å². The number of nitrogens with zero attached hydrogens (tertiary/aromatic N) is 2. The zero-order chi connectivity index (χ0) is 18.1. The van der Waals surface area contributed by atoms with Gasteiger partial charge < -0.3 is 15.8 Å². The molecule has 130 valence electrons. The topological polar surface area (TPSA) is 99.2 Å². The van der Waals surface area contributed by atoms with Gasteiger partial charge in [0.05, 0.1) is 5.92 Å². The van der Waals surface area contributed by atoms with Gasteiger partial charge >= 0.3 is 0 Å². The third kappa shape index (κ3) is 2.90. The Kier molecular flexibility index (Phi) is 3.89. The van der Waals surface area contributed by atoms with Crippen LogP contribution in [-0.2, 0) is 16.1 Å². The average molecular weight is 348 g/mol. The van der Waals surface area contributed by atoms with Crippen molar-refractivity contribution in [3.05, 3.63) is 71.9 Å². The van der Waals surface area contributed by atoms with Gasteiger partial charge in [0.2, 0.25) is 11.8 Å². The standard InChI is InChI=1S/C19H16N4O3/c20-16(24)11-23-10-9-17(22-23)21-19(25)18-12-5-1-3-7-14(12)26-15-8-4-2-6-13(15)18/h1-10,18H,11H2,(H2,20,24)(H,21,22,25). The zero-order valence-electron chi connectivity index (χ0n) is 13.8. The SMILES string of the molecule is NC(=O)Cn1ccc(NC(=O)C2c3ccccc3Oc3ccccc32)n1. The minimum Gasteiger partial charge on any atom is -0.457 e. The van der Waals surface area contributed by atoms with Crippen molar-refractivity contribution in [2.45, 2.75) is 12.5 Å². The molecular weight excluding hydrogens is 332 g/mol. The van der Waals surface area contributed by atoms with Gasteiger partial charge in [-0.15, -0.1) is 0 Å². The van der Waals surface area contributed by atoms with Crippen LogP contribution in [0.25, 0.3) is 0 Å². The minimum absolute atomic E-state index is 0.0429. The Balaban J connectivity index is 1.65. The summed E-state index contributed by atoms with van der Waals surface area (Å²) in [7, 11) is 0. The number of benzene rings is 2. The fraction of sp³-hybridized carbons (Fsp3) is 0.105. The number of nitrogens with one attached hydrogen (secondary N) is 1. The molecule has 2 heterocycles. The van der Waals surface area contributed by atoms with Crippen LogP contribution in [0.5, 0.6) is 11.5 Å². The molecule has 0 saturated heterocycles. The van der Waals surface area contributed by atoms with Gasteiger partial charge in [-0.3, -0.25) is 14.3 Å². The van der Waals surface area contributed by atoms with Crippen LogP contribution in [0.4, 0.5) is 5.82 Å². The summed E-state index contributed by atoms with van der Waals surface area (Å²) in [6.07, 6.45) is 1.59. The molecule has 2 amide bonds. The number of rotatable bonds is 4. The van der Waals surface area contributed by atoms with E-state index in [1.807, 2.05) is 48.5 Å². The highest BCUT2D eigenvalue weighted by atomic mass is 16.5. The van der Waals surface area contributed by atoms with Gasteiger partial charge in [0.1, 0.15) is 18.0 Å². The molecule has 3 aromatic rings. The molecule has 0 bridgehead atoms. The molecule has 0 aliphatic carbocycles. The molecule has 7 nitrogen and oxygen atoms in total. The Hall–Kier alpha value is -3.61. The summed E-state index contributed by atoms with van der Waals surface area (Å²) >= 11 is 0. The molecule has 3 N–H and O–H groups in total. The number of anilines is 1. The fourth-order valence-corrected chi connectivity index (χ4v) is 3.07. The van der Waals surface area contributed by atoms with Crippen molar-refractivity contribution >= 4 is 17.6 Å². The number of para-hydroxylation sites is 2. The smallest absolute Gasteiger partial charge is 0.239 e. The van der Waals surface area contributed by atoms with Gasteiger partial charge in [0.15, 0.2) is 5.82 Å². The number of carbonyl (C=O) groups excluding carboxylic acids is 2. The molecule has 0 unspecified atom stereocenters. The summed E-state index contributed by atoms with van der Waals surface area (Å²) in [5, 5.41) is 6.96. The van der Waals surface area contributed by atoms with Gasteiger partial charge in [-0.2, -0.15) is 5.10 Å². The van der Waals surface area contributed by atoms with E-state index in [9.17, 15) is 9.59 Å². The van der Waals surface area contributed by atoms with Crippen LogP contribution < -0.4 is 15.8 Å². The number of hydrogen-bond donors (Lipinski definition) is 2. The van der Waals surface area contributed by atoms with Gasteiger partial charge in [-0.25, -0.2) is 0 Å². The Morgan fingerprint density at radius 2 is 1.65 bits per heavy atom. The fourth-order valence-electron chi connectivity index (χ4n) is 3.07. The number of amides is 2. The second-order valence-corrected chi connectivity index (χ2v) is 5.96. The van der Waals surface area contributed by atoms with Gasteiger partial charge in [-0.05, 0) is 12.1 Å². The summed E-state index contributed by atoms with van der Waals surface area (Å²) in [6, 6.07) is 16.5. The van der Waals surface area contributed by atoms with Crippen LogP contribution in [0.2, 0.25) is 0 Å². The summed E-state index contributed by atoms with van der Waals surface area (Å²) < 4.78 is 7.28. The van der Waals surface area contributed by atoms with Crippen molar-refractivity contribution in [1.82, 2.24) is 9.78 Å². The quantitative estimate of drug-likeness (QED) is 0.755. The van der Waals surface area contributed by atoms with E-state index >= 15 is 0 Å². The monoisotopic (exact) mass is 348 g/mol. The first-order valence-corrected chi connectivity index (χ1v) is 8.10. The average Bonchev–Trinajstić information content (AvgIpc) is 3.05. The maximum Gasteiger partial charge on any atom is 0.239 e. The Bertz CT molecular complexity index is 950. The molecule has 4 rings (SSSR count). The lowest BCUT2D eigenvalue weighted by molar-refractivity contribution is -0.118. The van der Waals surface area contributed by atoms with Crippen molar-refractivity contribution in [2.24, 2.45) is 5.73 Å². The molecule has 7 heteroatoms. The first-order chi connectivity index (χ1) is 12.6. The predicted molar refractivity (Wildman–Crippen MR) is 94.9 cm³/mol. The molecule has 1 aliphatic rings. The first-order valence-electron chi connectivity index (χ1n) is 8.10. The number of ether oxygens (including phenoxy) is 1. The van der Waals surface area contributed by atoms with Crippen molar-refractivity contribution in [2.75, 3.05) is 5.32 Å². The highest BCUT2D eigenvalue weighted by molar-refractivity contribution is 5.99. The number of primary amides is 1. The van der Waals surface area contributed by atoms with Crippen molar-refractivity contribution in [3.8, 4) is 11.5 Å². The van der Waals surface area contributed by atoms with Crippen LogP contribution >= 0.6 is 0 Å². The third-order valence-corrected chi connectivity index (χ3v) is 4.15. The first kappa shape index (κ1) is 15.9. The molecule has 1 aromatic heterocycles. The Labute approximate surface area is 149 Å². The van der Waals surface area contributed by atoms with Crippen LogP contribution in [0.15, 0.2) is 60.8 Å². The van der Waals surface area contributed by atoms with E-state index in [0.29, 0.717) is 17.3 Å². The summed E-state index contributed by atoms with van der Waals surface area (Å²) in [6.45, 7) is -0.0429. The maximum absolute atomic E-state index is 13.0. The molecule has 0 spiro atoms. The predicted octanol–water partition coefficient (Wildman–Crippen LogP) is 2.24. The van der Waals surface area contributed by atoms with Crippen LogP contribution in [0.3, 0.4) is 0 Å². The normalized spacial score (nSPS) is 12.6. The second-order valence-electron chi connectivity index (χ2n) is 5.96.